The van der Waals surface area contributed by atoms with Gasteiger partial charge in [0.1, 0.15) is 0 Å². The Balaban J connectivity index is 1.57. The van der Waals surface area contributed by atoms with Crippen molar-refractivity contribution in [2.75, 3.05) is 13.6 Å². The van der Waals surface area contributed by atoms with Crippen LogP contribution in [0.25, 0.3) is 5.69 Å². The van der Waals surface area contributed by atoms with Crippen molar-refractivity contribution >= 4 is 6.03 Å². The Labute approximate surface area is 165 Å². The summed E-state index contributed by atoms with van der Waals surface area (Å²) < 4.78 is 1.82. The Morgan fingerprint density at radius 1 is 1.29 bits per heavy atom. The zero-order chi connectivity index (χ0) is 20.1. The molecule has 0 bridgehead atoms. The maximum Gasteiger partial charge on any atom is 0.317 e. The number of rotatable bonds is 7. The summed E-state index contributed by atoms with van der Waals surface area (Å²) in [6.07, 6.45) is 5.45. The molecule has 0 aliphatic rings. The first-order valence-corrected chi connectivity index (χ1v) is 9.58. The predicted octanol–water partition coefficient (Wildman–Crippen LogP) is 3.55. The van der Waals surface area contributed by atoms with Gasteiger partial charge in [-0.3, -0.25) is 5.10 Å². The molecular weight excluding hydrogens is 352 g/mol. The lowest BCUT2D eigenvalue weighted by molar-refractivity contribution is 0.205. The van der Waals surface area contributed by atoms with Crippen LogP contribution in [0.4, 0.5) is 4.79 Å². The van der Waals surface area contributed by atoms with Gasteiger partial charge in [-0.05, 0) is 56.9 Å². The molecular formula is C21H28N6O. The van der Waals surface area contributed by atoms with Gasteiger partial charge in [0.2, 0.25) is 0 Å². The van der Waals surface area contributed by atoms with Crippen LogP contribution in [0.5, 0.6) is 0 Å². The number of nitrogens with one attached hydrogen (secondary N) is 2. The summed E-state index contributed by atoms with van der Waals surface area (Å²) >= 11 is 0. The lowest BCUT2D eigenvalue weighted by atomic mass is 10.1. The number of amides is 2. The number of H-pyrrole nitrogens is 1. The van der Waals surface area contributed by atoms with Gasteiger partial charge in [0.25, 0.3) is 0 Å². The summed E-state index contributed by atoms with van der Waals surface area (Å²) in [5.41, 5.74) is 5.38. The molecule has 0 fully saturated rings. The molecule has 0 spiro atoms. The molecule has 148 valence electrons. The largest absolute Gasteiger partial charge is 0.331 e. The molecule has 7 nitrogen and oxygen atoms in total. The van der Waals surface area contributed by atoms with Crippen LogP contribution in [0.3, 0.4) is 0 Å². The van der Waals surface area contributed by atoms with E-state index in [2.05, 4.69) is 20.6 Å². The van der Waals surface area contributed by atoms with E-state index in [4.69, 9.17) is 0 Å². The Morgan fingerprint density at radius 3 is 2.75 bits per heavy atom. The summed E-state index contributed by atoms with van der Waals surface area (Å²) in [5.74, 6) is 0. The third-order valence-corrected chi connectivity index (χ3v) is 5.04. The van der Waals surface area contributed by atoms with Gasteiger partial charge in [0, 0.05) is 31.7 Å². The number of hydrogen-bond donors (Lipinski definition) is 2. The molecule has 1 unspecified atom stereocenters. The van der Waals surface area contributed by atoms with E-state index in [0.717, 1.165) is 35.5 Å². The first kappa shape index (κ1) is 19.7. The van der Waals surface area contributed by atoms with E-state index in [-0.39, 0.29) is 12.1 Å². The highest BCUT2D eigenvalue weighted by atomic mass is 16.2. The summed E-state index contributed by atoms with van der Waals surface area (Å²) in [7, 11) is 1.83. The van der Waals surface area contributed by atoms with E-state index in [1.165, 1.54) is 5.56 Å². The molecule has 2 amide bonds. The topological polar surface area (TPSA) is 78.8 Å². The Kier molecular flexibility index (Phi) is 6.13. The standard InChI is InChI=1S/C21H28N6O/c1-15(19-9-5-6-11-20(19)27-14-8-12-22-27)23-21(28)26(4)13-7-10-18-16(2)24-25-17(18)3/h5-6,8-9,11-12,14-15H,7,10,13H2,1-4H3,(H,23,28)(H,24,25). The quantitative estimate of drug-likeness (QED) is 0.658. The molecule has 1 atom stereocenters. The van der Waals surface area contributed by atoms with Crippen molar-refractivity contribution in [3.05, 3.63) is 65.2 Å². The number of urea groups is 1. The Hall–Kier alpha value is -3.09. The fourth-order valence-electron chi connectivity index (χ4n) is 3.38. The highest BCUT2D eigenvalue weighted by Gasteiger charge is 2.17. The predicted molar refractivity (Wildman–Crippen MR) is 110 cm³/mol. The number of hydrogen-bond acceptors (Lipinski definition) is 3. The van der Waals surface area contributed by atoms with E-state index in [1.54, 1.807) is 11.1 Å². The molecule has 1 aromatic carbocycles. The average Bonchev–Trinajstić information content (AvgIpc) is 3.33. The van der Waals surface area contributed by atoms with E-state index >= 15 is 0 Å². The second-order valence-corrected chi connectivity index (χ2v) is 7.12. The summed E-state index contributed by atoms with van der Waals surface area (Å²) in [5, 5.41) is 14.6. The third-order valence-electron chi connectivity index (χ3n) is 5.04. The van der Waals surface area contributed by atoms with E-state index in [9.17, 15) is 4.79 Å². The van der Waals surface area contributed by atoms with Gasteiger partial charge in [-0.25, -0.2) is 9.48 Å². The minimum atomic E-state index is -0.131. The smallest absolute Gasteiger partial charge is 0.317 e. The van der Waals surface area contributed by atoms with Gasteiger partial charge in [-0.2, -0.15) is 10.2 Å². The van der Waals surface area contributed by atoms with Crippen LogP contribution in [0, 0.1) is 13.8 Å². The Morgan fingerprint density at radius 2 is 2.07 bits per heavy atom. The monoisotopic (exact) mass is 380 g/mol. The third kappa shape index (κ3) is 4.42. The molecule has 28 heavy (non-hydrogen) atoms. The highest BCUT2D eigenvalue weighted by Crippen LogP contribution is 2.21. The van der Waals surface area contributed by atoms with Crippen LogP contribution in [-0.4, -0.2) is 44.5 Å². The molecule has 0 saturated carbocycles. The zero-order valence-electron chi connectivity index (χ0n) is 16.9. The van der Waals surface area contributed by atoms with Crippen molar-refractivity contribution in [3.8, 4) is 5.69 Å². The molecule has 0 saturated heterocycles. The van der Waals surface area contributed by atoms with Crippen molar-refractivity contribution in [2.45, 2.75) is 39.7 Å². The highest BCUT2D eigenvalue weighted by molar-refractivity contribution is 5.74. The minimum absolute atomic E-state index is 0.0802. The van der Waals surface area contributed by atoms with E-state index < -0.39 is 0 Å². The maximum absolute atomic E-state index is 12.6. The zero-order valence-corrected chi connectivity index (χ0v) is 16.9. The van der Waals surface area contributed by atoms with Crippen LogP contribution in [0.15, 0.2) is 42.7 Å². The molecule has 3 aromatic rings. The van der Waals surface area contributed by atoms with Gasteiger partial charge < -0.3 is 10.2 Å². The number of para-hydroxylation sites is 1. The summed E-state index contributed by atoms with van der Waals surface area (Å²) in [4.78, 5) is 14.4. The minimum Gasteiger partial charge on any atom is -0.331 e. The second kappa shape index (κ2) is 8.73. The SMILES string of the molecule is Cc1n[nH]c(C)c1CCCN(C)C(=O)NC(C)c1ccccc1-n1cccn1. The number of nitrogens with zero attached hydrogens (tertiary/aromatic N) is 4. The molecule has 0 aliphatic carbocycles. The number of carbonyl (C=O) groups excluding carboxylic acids is 1. The molecule has 2 aromatic heterocycles. The normalized spacial score (nSPS) is 12.0. The second-order valence-electron chi connectivity index (χ2n) is 7.12. The number of benzene rings is 1. The van der Waals surface area contributed by atoms with Gasteiger partial charge in [-0.1, -0.05) is 18.2 Å². The lowest BCUT2D eigenvalue weighted by Crippen LogP contribution is -2.39. The van der Waals surface area contributed by atoms with E-state index in [0.29, 0.717) is 6.54 Å². The van der Waals surface area contributed by atoms with Crippen LogP contribution in [-0.2, 0) is 6.42 Å². The number of aromatic amines is 1. The average molecular weight is 380 g/mol. The van der Waals surface area contributed by atoms with Crippen molar-refractivity contribution < 1.29 is 4.79 Å². The van der Waals surface area contributed by atoms with Gasteiger partial charge in [-0.15, -0.1) is 0 Å². The Bertz CT molecular complexity index is 895. The van der Waals surface area contributed by atoms with Crippen LogP contribution in [0.2, 0.25) is 0 Å². The van der Waals surface area contributed by atoms with Crippen LogP contribution in [0.1, 0.15) is 41.9 Å². The van der Waals surface area contributed by atoms with Gasteiger partial charge >= 0.3 is 6.03 Å². The number of aryl methyl sites for hydroxylation is 2. The maximum atomic E-state index is 12.6. The molecule has 7 heteroatoms. The van der Waals surface area contributed by atoms with Gasteiger partial charge in [0.15, 0.2) is 0 Å². The fraction of sp³-hybridized carbons (Fsp3) is 0.381. The number of carbonyl (C=O) groups is 1. The molecule has 0 radical (unpaired) electrons. The lowest BCUT2D eigenvalue weighted by Gasteiger charge is -2.23. The van der Waals surface area contributed by atoms with Crippen molar-refractivity contribution in [2.24, 2.45) is 0 Å². The summed E-state index contributed by atoms with van der Waals surface area (Å²) in [6.45, 7) is 6.72. The van der Waals surface area contributed by atoms with Crippen molar-refractivity contribution in [1.82, 2.24) is 30.2 Å². The van der Waals surface area contributed by atoms with Crippen molar-refractivity contribution in [1.29, 1.82) is 0 Å². The van der Waals surface area contributed by atoms with Crippen LogP contribution >= 0.6 is 0 Å². The van der Waals surface area contributed by atoms with Crippen molar-refractivity contribution in [3.63, 3.8) is 0 Å². The first-order valence-electron chi connectivity index (χ1n) is 9.58. The number of aromatic nitrogens is 4. The molecule has 0 aliphatic heterocycles. The fourth-order valence-corrected chi connectivity index (χ4v) is 3.38. The van der Waals surface area contributed by atoms with Crippen LogP contribution < -0.4 is 5.32 Å². The molecule has 3 rings (SSSR count). The van der Waals surface area contributed by atoms with E-state index in [1.807, 2.05) is 69.0 Å². The molecule has 2 N–H and O–H groups in total. The molecule has 2 heterocycles. The first-order chi connectivity index (χ1) is 13.5. The van der Waals surface area contributed by atoms with Gasteiger partial charge in [0.05, 0.1) is 17.4 Å². The summed E-state index contributed by atoms with van der Waals surface area (Å²) in [6, 6.07) is 9.65.